The van der Waals surface area contributed by atoms with Crippen molar-refractivity contribution in [3.63, 3.8) is 0 Å². The van der Waals surface area contributed by atoms with Crippen LogP contribution in [0.2, 0.25) is 0 Å². The average molecular weight is 261 g/mol. The zero-order chi connectivity index (χ0) is 13.7. The molecule has 1 fully saturated rings. The molecule has 0 spiro atoms. The Morgan fingerprint density at radius 2 is 1.84 bits per heavy atom. The van der Waals surface area contributed by atoms with Crippen LogP contribution in [0.3, 0.4) is 0 Å². The smallest absolute Gasteiger partial charge is 0.122 e. The number of hydrogen-bond acceptors (Lipinski definition) is 2. The first-order chi connectivity index (χ1) is 9.20. The third kappa shape index (κ3) is 3.97. The second-order valence-electron chi connectivity index (χ2n) is 5.77. The lowest BCUT2D eigenvalue weighted by molar-refractivity contribution is 0.182. The number of aryl methyl sites for hydroxylation is 1. The van der Waals surface area contributed by atoms with Gasteiger partial charge >= 0.3 is 0 Å². The summed E-state index contributed by atoms with van der Waals surface area (Å²) >= 11 is 0. The Kier molecular flexibility index (Phi) is 5.26. The van der Waals surface area contributed by atoms with Crippen molar-refractivity contribution in [3.05, 3.63) is 29.3 Å². The summed E-state index contributed by atoms with van der Waals surface area (Å²) in [7, 11) is 2.00. The molecule has 0 radical (unpaired) electrons. The molecule has 2 heteroatoms. The molecule has 1 aromatic rings. The number of ether oxygens (including phenoxy) is 1. The summed E-state index contributed by atoms with van der Waals surface area (Å²) in [5, 5.41) is 3.28. The number of benzene rings is 1. The minimum absolute atomic E-state index is 0.394. The lowest BCUT2D eigenvalue weighted by atomic mass is 10.0. The van der Waals surface area contributed by atoms with Crippen molar-refractivity contribution >= 4 is 0 Å². The van der Waals surface area contributed by atoms with Crippen LogP contribution < -0.4 is 10.1 Å². The molecule has 106 valence electrons. The summed E-state index contributed by atoms with van der Waals surface area (Å²) in [5.74, 6) is 1.07. The van der Waals surface area contributed by atoms with Crippen LogP contribution in [0.25, 0.3) is 0 Å². The summed E-state index contributed by atoms with van der Waals surface area (Å²) in [6.45, 7) is 4.33. The fourth-order valence-electron chi connectivity index (χ4n) is 2.78. The van der Waals surface area contributed by atoms with E-state index in [0.717, 1.165) is 5.75 Å². The predicted molar refractivity (Wildman–Crippen MR) is 80.8 cm³/mol. The Bertz CT molecular complexity index is 394. The maximum atomic E-state index is 6.21. The van der Waals surface area contributed by atoms with E-state index >= 15 is 0 Å². The molecule has 2 rings (SSSR count). The standard InChI is InChI=1S/C17H27NO/c1-13-12-15(14(2)18-3)10-11-17(13)19-16-8-6-4-5-7-9-16/h10-12,14,16,18H,4-9H2,1-3H3. The molecular weight excluding hydrogens is 234 g/mol. The van der Waals surface area contributed by atoms with Gasteiger partial charge in [0.1, 0.15) is 5.75 Å². The van der Waals surface area contributed by atoms with E-state index in [9.17, 15) is 0 Å². The van der Waals surface area contributed by atoms with Crippen LogP contribution in [-0.2, 0) is 0 Å². The minimum atomic E-state index is 0.394. The highest BCUT2D eigenvalue weighted by Crippen LogP contribution is 2.27. The molecule has 2 nitrogen and oxygen atoms in total. The summed E-state index contributed by atoms with van der Waals surface area (Å²) in [4.78, 5) is 0. The molecule has 1 aromatic carbocycles. The largest absolute Gasteiger partial charge is 0.490 e. The predicted octanol–water partition coefficient (Wildman–Crippen LogP) is 4.38. The van der Waals surface area contributed by atoms with Crippen LogP contribution in [0.1, 0.15) is 62.6 Å². The second kappa shape index (κ2) is 6.95. The highest BCUT2D eigenvalue weighted by atomic mass is 16.5. The molecule has 1 N–H and O–H groups in total. The van der Waals surface area contributed by atoms with Crippen LogP contribution in [0.15, 0.2) is 18.2 Å². The van der Waals surface area contributed by atoms with Crippen molar-refractivity contribution in [2.24, 2.45) is 0 Å². The van der Waals surface area contributed by atoms with Gasteiger partial charge < -0.3 is 10.1 Å². The molecule has 1 atom stereocenters. The SMILES string of the molecule is CNC(C)c1ccc(OC2CCCCCC2)c(C)c1. The van der Waals surface area contributed by atoms with E-state index in [0.29, 0.717) is 12.1 Å². The number of rotatable bonds is 4. The van der Waals surface area contributed by atoms with E-state index in [-0.39, 0.29) is 0 Å². The Balaban J connectivity index is 2.03. The molecule has 1 saturated carbocycles. The van der Waals surface area contributed by atoms with Gasteiger partial charge in [-0.2, -0.15) is 0 Å². The van der Waals surface area contributed by atoms with Crippen molar-refractivity contribution < 1.29 is 4.74 Å². The summed E-state index contributed by atoms with van der Waals surface area (Å²) in [6, 6.07) is 6.96. The molecule has 1 aliphatic rings. The first kappa shape index (κ1) is 14.4. The fraction of sp³-hybridized carbons (Fsp3) is 0.647. The zero-order valence-corrected chi connectivity index (χ0v) is 12.5. The maximum Gasteiger partial charge on any atom is 0.122 e. The van der Waals surface area contributed by atoms with Gasteiger partial charge in [0.2, 0.25) is 0 Å². The van der Waals surface area contributed by atoms with Crippen molar-refractivity contribution in [2.75, 3.05) is 7.05 Å². The van der Waals surface area contributed by atoms with Gasteiger partial charge in [-0.15, -0.1) is 0 Å². The lowest BCUT2D eigenvalue weighted by Gasteiger charge is -2.20. The lowest BCUT2D eigenvalue weighted by Crippen LogP contribution is -2.16. The quantitative estimate of drug-likeness (QED) is 0.812. The normalized spacial score (nSPS) is 18.9. The minimum Gasteiger partial charge on any atom is -0.490 e. The van der Waals surface area contributed by atoms with E-state index < -0.39 is 0 Å². The van der Waals surface area contributed by atoms with Gasteiger partial charge in [-0.3, -0.25) is 0 Å². The Labute approximate surface area is 117 Å². The van der Waals surface area contributed by atoms with Crippen LogP contribution in [0, 0.1) is 6.92 Å². The number of nitrogens with one attached hydrogen (secondary N) is 1. The Morgan fingerprint density at radius 3 is 2.42 bits per heavy atom. The first-order valence-electron chi connectivity index (χ1n) is 7.65. The number of hydrogen-bond donors (Lipinski definition) is 1. The van der Waals surface area contributed by atoms with Crippen LogP contribution in [0.5, 0.6) is 5.75 Å². The molecular formula is C17H27NO. The van der Waals surface area contributed by atoms with Gasteiger partial charge in [-0.25, -0.2) is 0 Å². The summed E-state index contributed by atoms with van der Waals surface area (Å²) in [5.41, 5.74) is 2.58. The highest BCUT2D eigenvalue weighted by molar-refractivity contribution is 5.37. The molecule has 0 aliphatic heterocycles. The van der Waals surface area contributed by atoms with Crippen LogP contribution >= 0.6 is 0 Å². The first-order valence-corrected chi connectivity index (χ1v) is 7.65. The van der Waals surface area contributed by atoms with Gasteiger partial charge in [0.15, 0.2) is 0 Å². The van der Waals surface area contributed by atoms with Gasteiger partial charge in [0.05, 0.1) is 6.10 Å². The van der Waals surface area contributed by atoms with Crippen LogP contribution in [-0.4, -0.2) is 13.2 Å². The van der Waals surface area contributed by atoms with E-state index in [1.807, 2.05) is 7.05 Å². The molecule has 0 heterocycles. The monoisotopic (exact) mass is 261 g/mol. The summed E-state index contributed by atoms with van der Waals surface area (Å²) < 4.78 is 6.21. The molecule has 0 amide bonds. The van der Waals surface area contributed by atoms with E-state index in [1.54, 1.807) is 0 Å². The molecule has 19 heavy (non-hydrogen) atoms. The van der Waals surface area contributed by atoms with E-state index in [2.05, 4.69) is 37.4 Å². The Hall–Kier alpha value is -1.02. The average Bonchev–Trinajstić information content (AvgIpc) is 2.68. The molecule has 0 aromatic heterocycles. The van der Waals surface area contributed by atoms with Crippen molar-refractivity contribution in [3.8, 4) is 5.75 Å². The molecule has 1 unspecified atom stereocenters. The van der Waals surface area contributed by atoms with Gasteiger partial charge in [0, 0.05) is 6.04 Å². The highest BCUT2D eigenvalue weighted by Gasteiger charge is 2.15. The van der Waals surface area contributed by atoms with E-state index in [4.69, 9.17) is 4.74 Å². The van der Waals surface area contributed by atoms with Crippen molar-refractivity contribution in [1.82, 2.24) is 5.32 Å². The Morgan fingerprint density at radius 1 is 1.16 bits per heavy atom. The molecule has 0 bridgehead atoms. The topological polar surface area (TPSA) is 21.3 Å². The summed E-state index contributed by atoms with van der Waals surface area (Å²) in [6.07, 6.45) is 8.24. The third-order valence-corrected chi connectivity index (χ3v) is 4.23. The van der Waals surface area contributed by atoms with Gasteiger partial charge in [-0.1, -0.05) is 25.0 Å². The second-order valence-corrected chi connectivity index (χ2v) is 5.77. The van der Waals surface area contributed by atoms with Crippen molar-refractivity contribution in [1.29, 1.82) is 0 Å². The van der Waals surface area contributed by atoms with Gasteiger partial charge in [0.25, 0.3) is 0 Å². The van der Waals surface area contributed by atoms with E-state index in [1.165, 1.54) is 49.7 Å². The zero-order valence-electron chi connectivity index (χ0n) is 12.5. The molecule has 0 saturated heterocycles. The third-order valence-electron chi connectivity index (χ3n) is 4.23. The fourth-order valence-corrected chi connectivity index (χ4v) is 2.78. The van der Waals surface area contributed by atoms with Crippen molar-refractivity contribution in [2.45, 2.75) is 64.5 Å². The molecule has 1 aliphatic carbocycles. The maximum absolute atomic E-state index is 6.21. The van der Waals surface area contributed by atoms with Gasteiger partial charge in [-0.05, 0) is 63.8 Å². The van der Waals surface area contributed by atoms with Crippen LogP contribution in [0.4, 0.5) is 0 Å².